The molecule has 1 aromatic heterocycles. The van der Waals surface area contributed by atoms with Gasteiger partial charge in [-0.15, -0.1) is 0 Å². The molecule has 3 nitrogen and oxygen atoms in total. The Morgan fingerprint density at radius 3 is 3.17 bits per heavy atom. The maximum atomic E-state index is 8.45. The minimum Gasteiger partial charge on any atom is -0.394 e. The number of nitrogens with zero attached hydrogens (tertiary/aromatic N) is 2. The van der Waals surface area contributed by atoms with E-state index in [1.165, 1.54) is 0 Å². The van der Waals surface area contributed by atoms with Crippen molar-refractivity contribution in [3.8, 4) is 0 Å². The third-order valence-electron chi connectivity index (χ3n) is 1.25. The van der Waals surface area contributed by atoms with Crippen LogP contribution in [-0.2, 0) is 0 Å². The van der Waals surface area contributed by atoms with Crippen LogP contribution in [0.15, 0.2) is 23.3 Å². The van der Waals surface area contributed by atoms with Crippen molar-refractivity contribution in [2.45, 2.75) is 0 Å². The first kappa shape index (κ1) is 9.16. The quantitative estimate of drug-likeness (QED) is 0.566. The molecule has 0 amide bonds. The lowest BCUT2D eigenvalue weighted by Crippen LogP contribution is -1.90. The Kier molecular flexibility index (Phi) is 3.70. The molecule has 0 aliphatic rings. The van der Waals surface area contributed by atoms with Crippen LogP contribution in [-0.4, -0.2) is 29.5 Å². The number of halogens is 1. The summed E-state index contributed by atoms with van der Waals surface area (Å²) in [4.78, 5) is 7.79. The molecule has 0 aromatic carbocycles. The molecule has 0 unspecified atom stereocenters. The van der Waals surface area contributed by atoms with Crippen molar-refractivity contribution in [3.05, 3.63) is 29.0 Å². The van der Waals surface area contributed by atoms with Crippen LogP contribution >= 0.6 is 11.6 Å². The second-order valence-corrected chi connectivity index (χ2v) is 2.50. The Hall–Kier alpha value is -0.930. The van der Waals surface area contributed by atoms with Crippen LogP contribution in [0.1, 0.15) is 5.56 Å². The Bertz CT molecular complexity index is 276. The summed E-state index contributed by atoms with van der Waals surface area (Å²) in [5, 5.41) is 8.88. The molecular weight excluding hydrogens is 176 g/mol. The lowest BCUT2D eigenvalue weighted by molar-refractivity contribution is 0.307. The van der Waals surface area contributed by atoms with Gasteiger partial charge in [0.2, 0.25) is 0 Å². The van der Waals surface area contributed by atoms with Gasteiger partial charge in [0.05, 0.1) is 13.2 Å². The van der Waals surface area contributed by atoms with E-state index >= 15 is 0 Å². The molecule has 0 spiro atoms. The number of rotatable bonds is 3. The van der Waals surface area contributed by atoms with Gasteiger partial charge in [0.1, 0.15) is 5.15 Å². The zero-order chi connectivity index (χ0) is 8.81. The second kappa shape index (κ2) is 4.85. The molecule has 0 radical (unpaired) electrons. The van der Waals surface area contributed by atoms with Gasteiger partial charge < -0.3 is 5.11 Å². The maximum Gasteiger partial charge on any atom is 0.137 e. The van der Waals surface area contributed by atoms with Crippen molar-refractivity contribution < 1.29 is 5.11 Å². The van der Waals surface area contributed by atoms with E-state index in [2.05, 4.69) is 9.98 Å². The van der Waals surface area contributed by atoms with Gasteiger partial charge in [0.15, 0.2) is 0 Å². The standard InChI is InChI=1S/C8H9ClN2O/c9-8-7(2-1-3-11-8)6-10-4-5-12/h1-3,6,12H,4-5H2. The summed E-state index contributed by atoms with van der Waals surface area (Å²) >= 11 is 5.74. The van der Waals surface area contributed by atoms with Gasteiger partial charge in [0, 0.05) is 18.0 Å². The number of pyridine rings is 1. The highest BCUT2D eigenvalue weighted by Gasteiger charge is 1.94. The van der Waals surface area contributed by atoms with Crippen molar-refractivity contribution in [2.24, 2.45) is 4.99 Å². The van der Waals surface area contributed by atoms with Gasteiger partial charge in [-0.25, -0.2) is 4.98 Å². The Labute approximate surface area is 75.7 Å². The average Bonchev–Trinajstić information content (AvgIpc) is 2.09. The largest absolute Gasteiger partial charge is 0.394 e. The smallest absolute Gasteiger partial charge is 0.137 e. The molecule has 1 rings (SSSR count). The number of aromatic nitrogens is 1. The Balaban J connectivity index is 2.68. The summed E-state index contributed by atoms with van der Waals surface area (Å²) in [5.74, 6) is 0. The molecule has 0 fully saturated rings. The van der Waals surface area contributed by atoms with E-state index in [1.54, 1.807) is 18.5 Å². The molecule has 1 heterocycles. The monoisotopic (exact) mass is 184 g/mol. The zero-order valence-corrected chi connectivity index (χ0v) is 7.20. The highest BCUT2D eigenvalue weighted by Crippen LogP contribution is 2.08. The van der Waals surface area contributed by atoms with Crippen LogP contribution < -0.4 is 0 Å². The van der Waals surface area contributed by atoms with Crippen LogP contribution in [0.2, 0.25) is 5.15 Å². The fourth-order valence-electron chi connectivity index (χ4n) is 0.715. The summed E-state index contributed by atoms with van der Waals surface area (Å²) in [5.41, 5.74) is 0.771. The zero-order valence-electron chi connectivity index (χ0n) is 6.44. The molecule has 0 saturated carbocycles. The number of aliphatic hydroxyl groups excluding tert-OH is 1. The average molecular weight is 185 g/mol. The van der Waals surface area contributed by atoms with E-state index in [9.17, 15) is 0 Å². The molecule has 64 valence electrons. The highest BCUT2D eigenvalue weighted by atomic mass is 35.5. The highest BCUT2D eigenvalue weighted by molar-refractivity contribution is 6.31. The van der Waals surface area contributed by atoms with Crippen molar-refractivity contribution in [3.63, 3.8) is 0 Å². The second-order valence-electron chi connectivity index (χ2n) is 2.14. The lowest BCUT2D eigenvalue weighted by atomic mass is 10.3. The minimum absolute atomic E-state index is 0.0500. The molecule has 1 N–H and O–H groups in total. The molecule has 0 aliphatic carbocycles. The molecule has 0 bridgehead atoms. The van der Waals surface area contributed by atoms with Crippen molar-refractivity contribution in [2.75, 3.05) is 13.2 Å². The van der Waals surface area contributed by atoms with Crippen molar-refractivity contribution in [1.29, 1.82) is 0 Å². The summed E-state index contributed by atoms with van der Waals surface area (Å²) < 4.78 is 0. The Morgan fingerprint density at radius 2 is 2.50 bits per heavy atom. The molecule has 0 saturated heterocycles. The fraction of sp³-hybridized carbons (Fsp3) is 0.250. The first-order chi connectivity index (χ1) is 5.84. The van der Waals surface area contributed by atoms with E-state index in [1.807, 2.05) is 6.07 Å². The summed E-state index contributed by atoms with van der Waals surface area (Å²) in [6.07, 6.45) is 3.22. The molecular formula is C8H9ClN2O. The van der Waals surface area contributed by atoms with Crippen LogP contribution in [0.4, 0.5) is 0 Å². The van der Waals surface area contributed by atoms with Crippen molar-refractivity contribution in [1.82, 2.24) is 4.98 Å². The summed E-state index contributed by atoms with van der Waals surface area (Å²) in [7, 11) is 0. The van der Waals surface area contributed by atoms with Crippen molar-refractivity contribution >= 4 is 17.8 Å². The normalized spacial score (nSPS) is 10.8. The van der Waals surface area contributed by atoms with Gasteiger partial charge in [0.25, 0.3) is 0 Å². The van der Waals surface area contributed by atoms with Gasteiger partial charge in [-0.05, 0) is 12.1 Å². The molecule has 12 heavy (non-hydrogen) atoms. The van der Waals surface area contributed by atoms with E-state index in [0.717, 1.165) is 5.56 Å². The summed E-state index contributed by atoms with van der Waals surface area (Å²) in [6, 6.07) is 3.60. The summed E-state index contributed by atoms with van der Waals surface area (Å²) in [6.45, 7) is 0.444. The van der Waals surface area contributed by atoms with E-state index in [4.69, 9.17) is 16.7 Å². The predicted octanol–water partition coefficient (Wildman–Crippen LogP) is 1.15. The first-order valence-electron chi connectivity index (χ1n) is 3.56. The van der Waals surface area contributed by atoms with Gasteiger partial charge >= 0.3 is 0 Å². The number of aliphatic hydroxyl groups is 1. The van der Waals surface area contributed by atoms with E-state index in [0.29, 0.717) is 11.7 Å². The Morgan fingerprint density at radius 1 is 1.67 bits per heavy atom. The van der Waals surface area contributed by atoms with Gasteiger partial charge in [-0.1, -0.05) is 11.6 Å². The third-order valence-corrected chi connectivity index (χ3v) is 1.56. The third kappa shape index (κ3) is 2.60. The topological polar surface area (TPSA) is 45.5 Å². The fourth-order valence-corrected chi connectivity index (χ4v) is 0.884. The lowest BCUT2D eigenvalue weighted by Gasteiger charge is -1.93. The van der Waals surface area contributed by atoms with Crippen LogP contribution in [0.25, 0.3) is 0 Å². The number of hydrogen-bond acceptors (Lipinski definition) is 3. The minimum atomic E-state index is 0.0500. The van der Waals surface area contributed by atoms with E-state index in [-0.39, 0.29) is 6.61 Å². The number of hydrogen-bond donors (Lipinski definition) is 1. The predicted molar refractivity (Wildman–Crippen MR) is 48.8 cm³/mol. The molecule has 4 heteroatoms. The van der Waals surface area contributed by atoms with Crippen LogP contribution in [0.5, 0.6) is 0 Å². The van der Waals surface area contributed by atoms with Gasteiger partial charge in [-0.2, -0.15) is 0 Å². The molecule has 0 aliphatic heterocycles. The van der Waals surface area contributed by atoms with Gasteiger partial charge in [-0.3, -0.25) is 4.99 Å². The van der Waals surface area contributed by atoms with E-state index < -0.39 is 0 Å². The van der Waals surface area contributed by atoms with Crippen LogP contribution in [0, 0.1) is 0 Å². The maximum absolute atomic E-state index is 8.45. The molecule has 0 atom stereocenters. The first-order valence-corrected chi connectivity index (χ1v) is 3.93. The number of aliphatic imine (C=N–C) groups is 1. The van der Waals surface area contributed by atoms with Crippen LogP contribution in [0.3, 0.4) is 0 Å². The molecule has 1 aromatic rings. The SMILES string of the molecule is OCCN=Cc1cccnc1Cl.